The molecule has 116 valence electrons. The van der Waals surface area contributed by atoms with Crippen molar-refractivity contribution < 1.29 is 4.79 Å². The number of aryl methyl sites for hydroxylation is 1. The van der Waals surface area contributed by atoms with E-state index in [1.165, 1.54) is 11.9 Å². The van der Waals surface area contributed by atoms with Gasteiger partial charge < -0.3 is 10.2 Å². The molecular formula is C17H22N4O. The van der Waals surface area contributed by atoms with Gasteiger partial charge >= 0.3 is 0 Å². The third-order valence-corrected chi connectivity index (χ3v) is 3.60. The first-order valence-electron chi connectivity index (χ1n) is 7.65. The summed E-state index contributed by atoms with van der Waals surface area (Å²) in [6.07, 6.45) is 2.35. The summed E-state index contributed by atoms with van der Waals surface area (Å²) in [6, 6.07) is 9.77. The number of hydrogen-bond acceptors (Lipinski definition) is 4. The van der Waals surface area contributed by atoms with E-state index in [-0.39, 0.29) is 5.91 Å². The summed E-state index contributed by atoms with van der Waals surface area (Å²) in [5.74, 6) is 0.561. The molecule has 0 saturated heterocycles. The predicted octanol–water partition coefficient (Wildman–Crippen LogP) is 3.26. The van der Waals surface area contributed by atoms with Crippen LogP contribution in [0, 0.1) is 0 Å². The SMILES string of the molecule is CCc1ccccc1Nc1cc(C(=O)N(CC)CC)ncn1. The second-order valence-corrected chi connectivity index (χ2v) is 4.90. The monoisotopic (exact) mass is 298 g/mol. The number of nitrogens with zero attached hydrogens (tertiary/aromatic N) is 3. The number of hydrogen-bond donors (Lipinski definition) is 1. The van der Waals surface area contributed by atoms with E-state index in [2.05, 4.69) is 28.3 Å². The van der Waals surface area contributed by atoms with E-state index in [4.69, 9.17) is 0 Å². The highest BCUT2D eigenvalue weighted by Crippen LogP contribution is 2.20. The average Bonchev–Trinajstić information content (AvgIpc) is 2.56. The molecule has 0 atom stereocenters. The maximum absolute atomic E-state index is 12.3. The van der Waals surface area contributed by atoms with Gasteiger partial charge in [-0.2, -0.15) is 0 Å². The van der Waals surface area contributed by atoms with Crippen LogP contribution in [-0.2, 0) is 6.42 Å². The third kappa shape index (κ3) is 3.61. The lowest BCUT2D eigenvalue weighted by molar-refractivity contribution is 0.0767. The lowest BCUT2D eigenvalue weighted by Gasteiger charge is -2.18. The Bertz CT molecular complexity index is 638. The molecule has 1 heterocycles. The van der Waals surface area contributed by atoms with Gasteiger partial charge in [-0.3, -0.25) is 4.79 Å². The number of amides is 1. The topological polar surface area (TPSA) is 58.1 Å². The van der Waals surface area contributed by atoms with Crippen LogP contribution in [0.4, 0.5) is 11.5 Å². The highest BCUT2D eigenvalue weighted by molar-refractivity contribution is 5.93. The molecule has 0 aliphatic heterocycles. The van der Waals surface area contributed by atoms with Crippen LogP contribution in [0.3, 0.4) is 0 Å². The normalized spacial score (nSPS) is 10.3. The molecule has 0 spiro atoms. The Hall–Kier alpha value is -2.43. The average molecular weight is 298 g/mol. The fraction of sp³-hybridized carbons (Fsp3) is 0.353. The van der Waals surface area contributed by atoms with Gasteiger partial charge in [-0.15, -0.1) is 0 Å². The number of rotatable bonds is 6. The zero-order valence-electron chi connectivity index (χ0n) is 13.3. The van der Waals surface area contributed by atoms with Crippen molar-refractivity contribution in [1.82, 2.24) is 14.9 Å². The van der Waals surface area contributed by atoms with Crippen molar-refractivity contribution in [1.29, 1.82) is 0 Å². The van der Waals surface area contributed by atoms with Crippen LogP contribution < -0.4 is 5.32 Å². The molecule has 2 aromatic rings. The molecule has 0 aliphatic carbocycles. The van der Waals surface area contributed by atoms with Crippen LogP contribution >= 0.6 is 0 Å². The molecule has 0 radical (unpaired) electrons. The molecule has 22 heavy (non-hydrogen) atoms. The Morgan fingerprint density at radius 2 is 1.86 bits per heavy atom. The summed E-state index contributed by atoms with van der Waals surface area (Å²) in [6.45, 7) is 7.36. The minimum atomic E-state index is -0.0702. The van der Waals surface area contributed by atoms with E-state index in [1.807, 2.05) is 32.0 Å². The maximum Gasteiger partial charge on any atom is 0.272 e. The van der Waals surface area contributed by atoms with Crippen LogP contribution in [-0.4, -0.2) is 33.9 Å². The zero-order valence-corrected chi connectivity index (χ0v) is 13.3. The van der Waals surface area contributed by atoms with Crippen LogP contribution in [0.25, 0.3) is 0 Å². The molecule has 1 aromatic carbocycles. The van der Waals surface area contributed by atoms with Crippen LogP contribution in [0.1, 0.15) is 36.8 Å². The number of anilines is 2. The van der Waals surface area contributed by atoms with Crippen LogP contribution in [0.2, 0.25) is 0 Å². The summed E-state index contributed by atoms with van der Waals surface area (Å²) in [5.41, 5.74) is 2.62. The van der Waals surface area contributed by atoms with Crippen molar-refractivity contribution in [2.45, 2.75) is 27.2 Å². The number of carbonyl (C=O) groups is 1. The number of nitrogens with one attached hydrogen (secondary N) is 1. The van der Waals surface area contributed by atoms with Crippen LogP contribution in [0.5, 0.6) is 0 Å². The van der Waals surface area contributed by atoms with Gasteiger partial charge in [0.2, 0.25) is 0 Å². The smallest absolute Gasteiger partial charge is 0.272 e. The second-order valence-electron chi connectivity index (χ2n) is 4.90. The van der Waals surface area contributed by atoms with Gasteiger partial charge in [0.05, 0.1) is 0 Å². The van der Waals surface area contributed by atoms with Gasteiger partial charge in [0.25, 0.3) is 5.91 Å². The fourth-order valence-corrected chi connectivity index (χ4v) is 2.30. The fourth-order valence-electron chi connectivity index (χ4n) is 2.30. The highest BCUT2D eigenvalue weighted by atomic mass is 16.2. The predicted molar refractivity (Wildman–Crippen MR) is 88.4 cm³/mol. The number of para-hydroxylation sites is 1. The quantitative estimate of drug-likeness (QED) is 0.889. The molecule has 2 rings (SSSR count). The van der Waals surface area contributed by atoms with Gasteiger partial charge in [0, 0.05) is 24.8 Å². The summed E-state index contributed by atoms with van der Waals surface area (Å²) >= 11 is 0. The van der Waals surface area contributed by atoms with Crippen molar-refractivity contribution in [2.24, 2.45) is 0 Å². The Morgan fingerprint density at radius 1 is 1.14 bits per heavy atom. The van der Waals surface area contributed by atoms with Gasteiger partial charge in [0.15, 0.2) is 0 Å². The molecule has 0 bridgehead atoms. The molecule has 5 heteroatoms. The van der Waals surface area contributed by atoms with Crippen molar-refractivity contribution in [2.75, 3.05) is 18.4 Å². The van der Waals surface area contributed by atoms with E-state index < -0.39 is 0 Å². The van der Waals surface area contributed by atoms with Crippen molar-refractivity contribution in [3.63, 3.8) is 0 Å². The molecule has 0 fully saturated rings. The van der Waals surface area contributed by atoms with E-state index in [1.54, 1.807) is 11.0 Å². The minimum absolute atomic E-state index is 0.0702. The third-order valence-electron chi connectivity index (χ3n) is 3.60. The summed E-state index contributed by atoms with van der Waals surface area (Å²) in [7, 11) is 0. The first kappa shape index (κ1) is 15.9. The molecule has 1 aromatic heterocycles. The van der Waals surface area contributed by atoms with E-state index >= 15 is 0 Å². The molecule has 1 amide bonds. The Kier molecular flexibility index (Phi) is 5.47. The second kappa shape index (κ2) is 7.54. The molecule has 1 N–H and O–H groups in total. The van der Waals surface area contributed by atoms with E-state index in [0.29, 0.717) is 24.6 Å². The Labute approximate surface area is 131 Å². The summed E-state index contributed by atoms with van der Waals surface area (Å²) < 4.78 is 0. The highest BCUT2D eigenvalue weighted by Gasteiger charge is 2.14. The maximum atomic E-state index is 12.3. The van der Waals surface area contributed by atoms with E-state index in [0.717, 1.165) is 12.1 Å². The lowest BCUT2D eigenvalue weighted by Crippen LogP contribution is -2.31. The van der Waals surface area contributed by atoms with Gasteiger partial charge in [0.1, 0.15) is 17.8 Å². The minimum Gasteiger partial charge on any atom is -0.340 e. The number of carbonyl (C=O) groups excluding carboxylic acids is 1. The van der Waals surface area contributed by atoms with Gasteiger partial charge in [-0.1, -0.05) is 25.1 Å². The molecule has 0 unspecified atom stereocenters. The number of aromatic nitrogens is 2. The Balaban J connectivity index is 2.23. The summed E-state index contributed by atoms with van der Waals surface area (Å²) in [5, 5.41) is 3.27. The first-order valence-corrected chi connectivity index (χ1v) is 7.65. The molecule has 0 saturated carbocycles. The Morgan fingerprint density at radius 3 is 2.55 bits per heavy atom. The van der Waals surface area contributed by atoms with Crippen LogP contribution in [0.15, 0.2) is 36.7 Å². The number of benzene rings is 1. The molecule has 0 aliphatic rings. The zero-order chi connectivity index (χ0) is 15.9. The van der Waals surface area contributed by atoms with E-state index in [9.17, 15) is 4.79 Å². The standard InChI is InChI=1S/C17H22N4O/c1-4-13-9-7-8-10-14(13)20-16-11-15(18-12-19-16)17(22)21(5-2)6-3/h7-12H,4-6H2,1-3H3,(H,18,19,20). The molecule has 5 nitrogen and oxygen atoms in total. The van der Waals surface area contributed by atoms with Gasteiger partial charge in [-0.05, 0) is 31.9 Å². The first-order chi connectivity index (χ1) is 10.7. The van der Waals surface area contributed by atoms with Gasteiger partial charge in [-0.25, -0.2) is 9.97 Å². The van der Waals surface area contributed by atoms with Crippen molar-refractivity contribution in [3.05, 3.63) is 47.9 Å². The van der Waals surface area contributed by atoms with Crippen molar-refractivity contribution in [3.8, 4) is 0 Å². The summed E-state index contributed by atoms with van der Waals surface area (Å²) in [4.78, 5) is 22.4. The molecular weight excluding hydrogens is 276 g/mol. The largest absolute Gasteiger partial charge is 0.340 e. The van der Waals surface area contributed by atoms with Crippen molar-refractivity contribution >= 4 is 17.4 Å². The lowest BCUT2D eigenvalue weighted by atomic mass is 10.1.